The minimum atomic E-state index is -0.0908. The highest BCUT2D eigenvalue weighted by atomic mass is 32.1. The zero-order chi connectivity index (χ0) is 10.9. The molecule has 2 atom stereocenters. The van der Waals surface area contributed by atoms with Crippen LogP contribution in [0.5, 0.6) is 0 Å². The van der Waals surface area contributed by atoms with Gasteiger partial charge in [0.1, 0.15) is 0 Å². The lowest BCUT2D eigenvalue weighted by Gasteiger charge is -2.28. The van der Waals surface area contributed by atoms with Crippen LogP contribution in [0.1, 0.15) is 38.5 Å². The van der Waals surface area contributed by atoms with Crippen LogP contribution in [-0.2, 0) is 9.47 Å². The summed E-state index contributed by atoms with van der Waals surface area (Å²) in [6, 6.07) is 0. The summed E-state index contributed by atoms with van der Waals surface area (Å²) in [5.74, 6) is 0.951. The number of thiol groups is 1. The molecule has 1 fully saturated rings. The first-order chi connectivity index (χ1) is 7.36. The Labute approximate surface area is 97.6 Å². The maximum Gasteiger partial charge on any atom is 0.158 e. The Balaban J connectivity index is 2.00. The van der Waals surface area contributed by atoms with Crippen molar-refractivity contribution in [3.05, 3.63) is 0 Å². The van der Waals surface area contributed by atoms with E-state index in [9.17, 15) is 0 Å². The minimum absolute atomic E-state index is 0.0128. The highest BCUT2D eigenvalue weighted by Gasteiger charge is 2.21. The van der Waals surface area contributed by atoms with E-state index in [0.717, 1.165) is 44.5 Å². The van der Waals surface area contributed by atoms with E-state index in [1.165, 1.54) is 6.42 Å². The smallest absolute Gasteiger partial charge is 0.158 e. The van der Waals surface area contributed by atoms with Gasteiger partial charge in [-0.15, -0.1) is 0 Å². The van der Waals surface area contributed by atoms with Gasteiger partial charge in [0.2, 0.25) is 0 Å². The van der Waals surface area contributed by atoms with Crippen LogP contribution in [0.4, 0.5) is 0 Å². The predicted octanol–water partition coefficient (Wildman–Crippen LogP) is 1.99. The molecule has 2 unspecified atom stereocenters. The van der Waals surface area contributed by atoms with E-state index in [1.807, 2.05) is 0 Å². The standard InChI is InChI=1S/C11H22O3S/c12-9-10-5-4-6-11(14-10)13-7-2-1-3-8-15/h10-12,15H,1-9H2. The molecule has 4 heteroatoms. The largest absolute Gasteiger partial charge is 0.394 e. The second kappa shape index (κ2) is 8.39. The van der Waals surface area contributed by atoms with Gasteiger partial charge in [0.25, 0.3) is 0 Å². The van der Waals surface area contributed by atoms with E-state index in [1.54, 1.807) is 0 Å². The van der Waals surface area contributed by atoms with Crippen LogP contribution in [0.3, 0.4) is 0 Å². The van der Waals surface area contributed by atoms with Crippen LogP contribution >= 0.6 is 12.6 Å². The molecule has 0 amide bonds. The topological polar surface area (TPSA) is 38.7 Å². The van der Waals surface area contributed by atoms with E-state index in [4.69, 9.17) is 14.6 Å². The molecule has 15 heavy (non-hydrogen) atoms. The van der Waals surface area contributed by atoms with E-state index in [0.29, 0.717) is 0 Å². The van der Waals surface area contributed by atoms with Crippen molar-refractivity contribution >= 4 is 12.6 Å². The average Bonchev–Trinajstić information content (AvgIpc) is 2.29. The lowest BCUT2D eigenvalue weighted by Crippen LogP contribution is -2.32. The number of ether oxygens (including phenoxy) is 2. The van der Waals surface area contributed by atoms with Crippen LogP contribution in [-0.4, -0.2) is 36.5 Å². The molecule has 1 heterocycles. The molecule has 0 spiro atoms. The highest BCUT2D eigenvalue weighted by Crippen LogP contribution is 2.19. The van der Waals surface area contributed by atoms with E-state index in [2.05, 4.69) is 12.6 Å². The van der Waals surface area contributed by atoms with Gasteiger partial charge in [0.15, 0.2) is 6.29 Å². The van der Waals surface area contributed by atoms with Crippen molar-refractivity contribution in [3.63, 3.8) is 0 Å². The number of hydrogen-bond donors (Lipinski definition) is 2. The highest BCUT2D eigenvalue weighted by molar-refractivity contribution is 7.80. The summed E-state index contributed by atoms with van der Waals surface area (Å²) in [5, 5.41) is 8.96. The first kappa shape index (κ1) is 13.3. The molecule has 1 aliphatic rings. The van der Waals surface area contributed by atoms with Crippen molar-refractivity contribution in [1.82, 2.24) is 0 Å². The van der Waals surface area contributed by atoms with Crippen LogP contribution in [0.15, 0.2) is 0 Å². The van der Waals surface area contributed by atoms with E-state index in [-0.39, 0.29) is 19.0 Å². The fourth-order valence-electron chi connectivity index (χ4n) is 1.73. The number of aliphatic hydroxyl groups excluding tert-OH is 1. The first-order valence-electron chi connectivity index (χ1n) is 5.85. The van der Waals surface area contributed by atoms with Crippen molar-refractivity contribution in [2.24, 2.45) is 0 Å². The molecule has 1 saturated heterocycles. The van der Waals surface area contributed by atoms with E-state index < -0.39 is 0 Å². The molecule has 0 aliphatic carbocycles. The molecule has 0 aromatic rings. The first-order valence-corrected chi connectivity index (χ1v) is 6.49. The summed E-state index contributed by atoms with van der Waals surface area (Å²) in [7, 11) is 0. The molecule has 0 aromatic heterocycles. The Hall–Kier alpha value is 0.230. The lowest BCUT2D eigenvalue weighted by molar-refractivity contribution is -0.201. The Morgan fingerprint density at radius 2 is 2.13 bits per heavy atom. The lowest BCUT2D eigenvalue weighted by atomic mass is 10.1. The zero-order valence-electron chi connectivity index (χ0n) is 9.23. The van der Waals surface area contributed by atoms with Crippen LogP contribution in [0.25, 0.3) is 0 Å². The third-order valence-electron chi connectivity index (χ3n) is 2.62. The van der Waals surface area contributed by atoms with Crippen molar-refractivity contribution in [2.45, 2.75) is 50.9 Å². The van der Waals surface area contributed by atoms with Gasteiger partial charge in [-0.1, -0.05) is 6.42 Å². The number of unbranched alkanes of at least 4 members (excludes halogenated alkanes) is 2. The van der Waals surface area contributed by atoms with Crippen LogP contribution in [0, 0.1) is 0 Å². The van der Waals surface area contributed by atoms with Crippen molar-refractivity contribution in [1.29, 1.82) is 0 Å². The van der Waals surface area contributed by atoms with E-state index >= 15 is 0 Å². The molecular formula is C11H22O3S. The fraction of sp³-hybridized carbons (Fsp3) is 1.00. The summed E-state index contributed by atoms with van der Waals surface area (Å²) < 4.78 is 11.2. The Bertz CT molecular complexity index is 155. The molecule has 1 N–H and O–H groups in total. The summed E-state index contributed by atoms with van der Waals surface area (Å²) in [6.07, 6.45) is 6.29. The quantitative estimate of drug-likeness (QED) is 0.522. The second-order valence-corrected chi connectivity index (χ2v) is 4.40. The van der Waals surface area contributed by atoms with Gasteiger partial charge in [0.05, 0.1) is 12.7 Å². The molecule has 0 aromatic carbocycles. The Morgan fingerprint density at radius 3 is 2.87 bits per heavy atom. The number of aliphatic hydroxyl groups is 1. The summed E-state index contributed by atoms with van der Waals surface area (Å²) in [5.41, 5.74) is 0. The maximum absolute atomic E-state index is 8.96. The van der Waals surface area contributed by atoms with Crippen molar-refractivity contribution in [3.8, 4) is 0 Å². The third-order valence-corrected chi connectivity index (χ3v) is 2.94. The summed E-state index contributed by atoms with van der Waals surface area (Å²) in [6.45, 7) is 0.871. The van der Waals surface area contributed by atoms with Gasteiger partial charge in [-0.3, -0.25) is 0 Å². The third kappa shape index (κ3) is 5.76. The van der Waals surface area contributed by atoms with Crippen molar-refractivity contribution < 1.29 is 14.6 Å². The molecule has 0 radical (unpaired) electrons. The van der Waals surface area contributed by atoms with Gasteiger partial charge >= 0.3 is 0 Å². The number of hydrogen-bond acceptors (Lipinski definition) is 4. The van der Waals surface area contributed by atoms with Gasteiger partial charge < -0.3 is 14.6 Å². The monoisotopic (exact) mass is 234 g/mol. The van der Waals surface area contributed by atoms with Crippen LogP contribution in [0.2, 0.25) is 0 Å². The molecule has 90 valence electrons. The molecule has 1 aliphatic heterocycles. The molecule has 1 rings (SSSR count). The van der Waals surface area contributed by atoms with Gasteiger partial charge in [-0.05, 0) is 37.9 Å². The van der Waals surface area contributed by atoms with Gasteiger partial charge in [-0.2, -0.15) is 12.6 Å². The fourth-order valence-corrected chi connectivity index (χ4v) is 1.95. The predicted molar refractivity (Wildman–Crippen MR) is 63.3 cm³/mol. The zero-order valence-corrected chi connectivity index (χ0v) is 10.1. The maximum atomic E-state index is 8.96. The molecular weight excluding hydrogens is 212 g/mol. The normalized spacial score (nSPS) is 26.8. The van der Waals surface area contributed by atoms with Gasteiger partial charge in [0, 0.05) is 6.61 Å². The second-order valence-electron chi connectivity index (χ2n) is 3.96. The molecule has 0 bridgehead atoms. The average molecular weight is 234 g/mol. The molecule has 0 saturated carbocycles. The number of rotatable bonds is 7. The Morgan fingerprint density at radius 1 is 1.27 bits per heavy atom. The van der Waals surface area contributed by atoms with Gasteiger partial charge in [-0.25, -0.2) is 0 Å². The molecule has 3 nitrogen and oxygen atoms in total. The summed E-state index contributed by atoms with van der Waals surface area (Å²) >= 11 is 4.16. The van der Waals surface area contributed by atoms with Crippen molar-refractivity contribution in [2.75, 3.05) is 19.0 Å². The summed E-state index contributed by atoms with van der Waals surface area (Å²) in [4.78, 5) is 0. The SMILES string of the molecule is OCC1CCCC(OCCCCCS)O1. The minimum Gasteiger partial charge on any atom is -0.394 e. The Kier molecular flexibility index (Phi) is 7.44. The van der Waals surface area contributed by atoms with Crippen LogP contribution < -0.4 is 0 Å².